The third-order valence-electron chi connectivity index (χ3n) is 3.00. The van der Waals surface area contributed by atoms with Crippen LogP contribution in [-0.2, 0) is 26.5 Å². The highest BCUT2D eigenvalue weighted by Gasteiger charge is 2.33. The Morgan fingerprint density at radius 1 is 1.37 bits per heavy atom. The Kier molecular flexibility index (Phi) is 3.74. The van der Waals surface area contributed by atoms with Crippen molar-refractivity contribution in [2.75, 3.05) is 24.6 Å². The van der Waals surface area contributed by atoms with Gasteiger partial charge in [-0.05, 0) is 6.92 Å². The largest absolute Gasteiger partial charge is 0.462 e. The van der Waals surface area contributed by atoms with Crippen LogP contribution in [0.3, 0.4) is 0 Å². The highest BCUT2D eigenvalue weighted by Crippen LogP contribution is 2.24. The Labute approximate surface area is 111 Å². The number of aryl methyl sites for hydroxylation is 1. The summed E-state index contributed by atoms with van der Waals surface area (Å²) in [6, 6.07) is 1.27. The minimum Gasteiger partial charge on any atom is -0.462 e. The Morgan fingerprint density at radius 3 is 2.42 bits per heavy atom. The van der Waals surface area contributed by atoms with Crippen LogP contribution < -0.4 is 0 Å². The number of sulfone groups is 1. The summed E-state index contributed by atoms with van der Waals surface area (Å²) in [7, 11) is -6.91. The van der Waals surface area contributed by atoms with Crippen molar-refractivity contribution < 1.29 is 26.4 Å². The van der Waals surface area contributed by atoms with Crippen molar-refractivity contribution in [1.82, 2.24) is 4.31 Å². The molecule has 0 spiro atoms. The molecule has 1 N–H and O–H groups in total. The van der Waals surface area contributed by atoms with E-state index >= 15 is 0 Å². The molecule has 1 fully saturated rings. The first-order chi connectivity index (χ1) is 8.76. The number of nitrogens with zero attached hydrogens (tertiary/aromatic N) is 1. The van der Waals surface area contributed by atoms with E-state index < -0.39 is 19.9 Å². The second-order valence-corrected chi connectivity index (χ2v) is 8.56. The first-order valence-corrected chi connectivity index (χ1v) is 8.93. The van der Waals surface area contributed by atoms with Crippen molar-refractivity contribution >= 4 is 19.9 Å². The van der Waals surface area contributed by atoms with Crippen molar-refractivity contribution in [1.29, 1.82) is 0 Å². The fourth-order valence-corrected chi connectivity index (χ4v) is 4.99. The monoisotopic (exact) mass is 309 g/mol. The van der Waals surface area contributed by atoms with Crippen LogP contribution in [0.2, 0.25) is 0 Å². The molecule has 0 unspecified atom stereocenters. The molecular weight excluding hydrogens is 294 g/mol. The summed E-state index contributed by atoms with van der Waals surface area (Å²) < 4.78 is 53.5. The summed E-state index contributed by atoms with van der Waals surface area (Å²) in [4.78, 5) is -0.0177. The van der Waals surface area contributed by atoms with Gasteiger partial charge in [0.25, 0.3) is 0 Å². The van der Waals surface area contributed by atoms with Gasteiger partial charge in [-0.2, -0.15) is 4.31 Å². The van der Waals surface area contributed by atoms with Crippen molar-refractivity contribution in [2.24, 2.45) is 0 Å². The molecule has 2 heterocycles. The molecule has 19 heavy (non-hydrogen) atoms. The van der Waals surface area contributed by atoms with Crippen LogP contribution in [0, 0.1) is 6.92 Å². The molecule has 9 heteroatoms. The summed E-state index contributed by atoms with van der Waals surface area (Å²) >= 11 is 0. The summed E-state index contributed by atoms with van der Waals surface area (Å²) in [6.45, 7) is 1.00. The summed E-state index contributed by atoms with van der Waals surface area (Å²) in [5.74, 6) is 0.0181. The van der Waals surface area contributed by atoms with E-state index in [1.54, 1.807) is 0 Å². The Hall–Kier alpha value is -0.900. The van der Waals surface area contributed by atoms with Crippen LogP contribution in [0.25, 0.3) is 0 Å². The Bertz CT molecular complexity index is 659. The number of furan rings is 1. The first kappa shape index (κ1) is 14.5. The van der Waals surface area contributed by atoms with Gasteiger partial charge in [0.05, 0.1) is 11.5 Å². The van der Waals surface area contributed by atoms with Crippen LogP contribution in [0.15, 0.2) is 15.4 Å². The molecule has 1 aliphatic heterocycles. The molecule has 0 atom stereocenters. The van der Waals surface area contributed by atoms with Gasteiger partial charge in [-0.1, -0.05) is 0 Å². The van der Waals surface area contributed by atoms with Gasteiger partial charge in [-0.25, -0.2) is 16.8 Å². The van der Waals surface area contributed by atoms with E-state index in [2.05, 4.69) is 0 Å². The number of rotatable bonds is 3. The van der Waals surface area contributed by atoms with Crippen molar-refractivity contribution in [2.45, 2.75) is 18.4 Å². The number of hydrogen-bond donors (Lipinski definition) is 1. The molecule has 108 valence electrons. The predicted octanol–water partition coefficient (Wildman–Crippen LogP) is -0.501. The quantitative estimate of drug-likeness (QED) is 0.807. The zero-order valence-corrected chi connectivity index (χ0v) is 12.0. The smallest absolute Gasteiger partial charge is 0.246 e. The molecule has 1 aliphatic rings. The molecule has 1 saturated heterocycles. The van der Waals surface area contributed by atoms with E-state index in [-0.39, 0.29) is 47.6 Å². The molecule has 0 radical (unpaired) electrons. The topological polar surface area (TPSA) is 105 Å². The van der Waals surface area contributed by atoms with Crippen LogP contribution in [0.4, 0.5) is 0 Å². The molecule has 0 saturated carbocycles. The van der Waals surface area contributed by atoms with Gasteiger partial charge in [0, 0.05) is 19.2 Å². The second kappa shape index (κ2) is 4.89. The molecule has 0 amide bonds. The van der Waals surface area contributed by atoms with E-state index in [4.69, 9.17) is 9.52 Å². The predicted molar refractivity (Wildman–Crippen MR) is 66.8 cm³/mol. The SMILES string of the molecule is Cc1oc(CO)cc1S(=O)(=O)N1CCS(=O)(=O)CC1. The lowest BCUT2D eigenvalue weighted by Crippen LogP contribution is -2.43. The van der Waals surface area contributed by atoms with Crippen molar-refractivity contribution in [3.63, 3.8) is 0 Å². The van der Waals surface area contributed by atoms with Gasteiger partial charge >= 0.3 is 0 Å². The Morgan fingerprint density at radius 2 is 1.95 bits per heavy atom. The van der Waals surface area contributed by atoms with Gasteiger partial charge in [0.1, 0.15) is 23.0 Å². The van der Waals surface area contributed by atoms with Crippen LogP contribution >= 0.6 is 0 Å². The minimum absolute atomic E-state index is 0.0177. The van der Waals surface area contributed by atoms with Gasteiger partial charge in [-0.15, -0.1) is 0 Å². The third-order valence-corrected chi connectivity index (χ3v) is 6.62. The van der Waals surface area contributed by atoms with Gasteiger partial charge in [0.15, 0.2) is 9.84 Å². The lowest BCUT2D eigenvalue weighted by molar-refractivity contribution is 0.244. The van der Waals surface area contributed by atoms with E-state index in [9.17, 15) is 16.8 Å². The van der Waals surface area contributed by atoms with Crippen LogP contribution in [-0.4, -0.2) is 50.8 Å². The molecule has 0 bridgehead atoms. The molecule has 7 nitrogen and oxygen atoms in total. The maximum atomic E-state index is 12.3. The van der Waals surface area contributed by atoms with E-state index in [0.717, 1.165) is 4.31 Å². The van der Waals surface area contributed by atoms with Gasteiger partial charge in [-0.3, -0.25) is 0 Å². The molecule has 0 aliphatic carbocycles. The van der Waals surface area contributed by atoms with E-state index in [1.165, 1.54) is 13.0 Å². The fraction of sp³-hybridized carbons (Fsp3) is 0.600. The van der Waals surface area contributed by atoms with E-state index in [1.807, 2.05) is 0 Å². The highest BCUT2D eigenvalue weighted by molar-refractivity contribution is 7.92. The van der Waals surface area contributed by atoms with Crippen LogP contribution in [0.1, 0.15) is 11.5 Å². The average Bonchev–Trinajstić information content (AvgIpc) is 2.70. The van der Waals surface area contributed by atoms with Gasteiger partial charge < -0.3 is 9.52 Å². The molecule has 1 aromatic rings. The standard InChI is InChI=1S/C10H15NO6S2/c1-8-10(6-9(7-12)17-8)19(15,16)11-2-4-18(13,14)5-3-11/h6,12H,2-5,7H2,1H3. The van der Waals surface area contributed by atoms with Gasteiger partial charge in [0.2, 0.25) is 10.0 Å². The zero-order valence-electron chi connectivity index (χ0n) is 10.4. The third kappa shape index (κ3) is 2.83. The number of aliphatic hydroxyl groups is 1. The molecule has 2 rings (SSSR count). The summed E-state index contributed by atoms with van der Waals surface area (Å²) in [5, 5.41) is 8.94. The highest BCUT2D eigenvalue weighted by atomic mass is 32.2. The van der Waals surface area contributed by atoms with Crippen molar-refractivity contribution in [3.05, 3.63) is 17.6 Å². The normalized spacial score (nSPS) is 20.5. The average molecular weight is 309 g/mol. The van der Waals surface area contributed by atoms with Crippen LogP contribution in [0.5, 0.6) is 0 Å². The molecule has 1 aromatic heterocycles. The fourth-order valence-electron chi connectivity index (χ4n) is 1.93. The zero-order chi connectivity index (χ0) is 14.3. The number of hydrogen-bond acceptors (Lipinski definition) is 6. The maximum Gasteiger partial charge on any atom is 0.246 e. The molecule has 0 aromatic carbocycles. The summed E-state index contributed by atoms with van der Waals surface area (Å²) in [6.07, 6.45) is 0. The summed E-state index contributed by atoms with van der Waals surface area (Å²) in [5.41, 5.74) is 0. The first-order valence-electron chi connectivity index (χ1n) is 5.67. The lowest BCUT2D eigenvalue weighted by atomic mass is 10.4. The minimum atomic E-state index is -3.77. The number of sulfonamides is 1. The second-order valence-electron chi connectivity index (χ2n) is 4.35. The molecular formula is C10H15NO6S2. The Balaban J connectivity index is 2.30. The number of aliphatic hydroxyl groups excluding tert-OH is 1. The van der Waals surface area contributed by atoms with Crippen molar-refractivity contribution in [3.8, 4) is 0 Å². The maximum absolute atomic E-state index is 12.3. The lowest BCUT2D eigenvalue weighted by Gasteiger charge is -2.25. The van der Waals surface area contributed by atoms with E-state index in [0.29, 0.717) is 0 Å².